The van der Waals surface area contributed by atoms with Gasteiger partial charge in [0.25, 0.3) is 5.91 Å². The maximum atomic E-state index is 13.3. The van der Waals surface area contributed by atoms with Crippen LogP contribution in [0.15, 0.2) is 70.1 Å². The van der Waals surface area contributed by atoms with Gasteiger partial charge in [-0.05, 0) is 38.0 Å². The molecule has 1 aliphatic rings. The van der Waals surface area contributed by atoms with Crippen molar-refractivity contribution in [2.24, 2.45) is 4.99 Å². The predicted octanol–water partition coefficient (Wildman–Crippen LogP) is 6.54. The lowest BCUT2D eigenvalue weighted by molar-refractivity contribution is -0.144. The van der Waals surface area contributed by atoms with Gasteiger partial charge in [-0.3, -0.25) is 9.79 Å². The second-order valence-electron chi connectivity index (χ2n) is 8.23. The van der Waals surface area contributed by atoms with Crippen LogP contribution in [-0.2, 0) is 15.7 Å². The van der Waals surface area contributed by atoms with Crippen molar-refractivity contribution in [2.45, 2.75) is 46.7 Å². The molecule has 0 saturated heterocycles. The topological polar surface area (TPSA) is 103 Å². The van der Waals surface area contributed by atoms with Crippen molar-refractivity contribution in [3.63, 3.8) is 0 Å². The summed E-state index contributed by atoms with van der Waals surface area (Å²) in [6, 6.07) is 4.26. The summed E-state index contributed by atoms with van der Waals surface area (Å²) in [6.07, 6.45) is 1.25. The summed E-state index contributed by atoms with van der Waals surface area (Å²) in [5.74, 6) is -0.820. The summed E-state index contributed by atoms with van der Waals surface area (Å²) in [4.78, 5) is 25.5. The molecule has 1 aromatic carbocycles. The van der Waals surface area contributed by atoms with Crippen LogP contribution in [0.2, 0.25) is 0 Å². The second-order valence-corrected chi connectivity index (χ2v) is 8.63. The van der Waals surface area contributed by atoms with E-state index in [2.05, 4.69) is 26.9 Å². The molecule has 3 N–H and O–H groups in total. The third kappa shape index (κ3) is 8.22. The summed E-state index contributed by atoms with van der Waals surface area (Å²) in [5, 5.41) is 12.3. The average Bonchev–Trinajstić information content (AvgIpc) is 3.37. The number of rotatable bonds is 9. The molecule has 1 aromatic heterocycles. The molecule has 0 bridgehead atoms. The number of amides is 1. The first kappa shape index (κ1) is 32.6. The number of hydrogen-bond acceptors (Lipinski definition) is 5. The minimum Gasteiger partial charge on any atom is -0.489 e. The number of aliphatic hydroxyl groups excluding tert-OH is 1. The number of imidazole rings is 1. The van der Waals surface area contributed by atoms with Crippen LogP contribution in [0.3, 0.4) is 0 Å². The number of alkyl halides is 3. The molecule has 0 spiro atoms. The molecule has 0 saturated carbocycles. The zero-order valence-electron chi connectivity index (χ0n) is 23.0. The van der Waals surface area contributed by atoms with Gasteiger partial charge in [0.15, 0.2) is 5.76 Å². The molecule has 1 aliphatic heterocycles. The monoisotopic (exact) mass is 581 g/mol. The first-order valence-corrected chi connectivity index (χ1v) is 13.3. The summed E-state index contributed by atoms with van der Waals surface area (Å²) in [5.41, 5.74) is 1.41. The zero-order chi connectivity index (χ0) is 29.9. The lowest BCUT2D eigenvalue weighted by Crippen LogP contribution is -2.38. The van der Waals surface area contributed by atoms with E-state index in [1.807, 2.05) is 25.7 Å². The molecule has 0 unspecified atom stereocenters. The number of aromatic amines is 1. The van der Waals surface area contributed by atoms with Gasteiger partial charge in [-0.2, -0.15) is 13.2 Å². The number of amidine groups is 1. The van der Waals surface area contributed by atoms with Crippen molar-refractivity contribution in [1.29, 1.82) is 0 Å². The highest BCUT2D eigenvalue weighted by Gasteiger charge is 2.35. The van der Waals surface area contributed by atoms with Gasteiger partial charge in [0, 0.05) is 12.3 Å². The zero-order valence-corrected chi connectivity index (χ0v) is 23.8. The number of benzene rings is 1. The Morgan fingerprint density at radius 1 is 1.35 bits per heavy atom. The number of nitrogens with one attached hydrogen (secondary N) is 2. The molecule has 2 aromatic rings. The Balaban J connectivity index is 0.00000274. The summed E-state index contributed by atoms with van der Waals surface area (Å²) >= 11 is 6.50. The molecule has 3 rings (SSSR count). The third-order valence-electron chi connectivity index (χ3n) is 5.49. The first-order valence-electron chi connectivity index (χ1n) is 12.9. The van der Waals surface area contributed by atoms with Gasteiger partial charge in [-0.1, -0.05) is 50.6 Å². The standard InChI is InChI=1S/C26H29ClF3N5O3.C2H6/c1-4-7-18(24(37)32-17-9-10-20-21(15-17)34-25(33-20)26(28,29)30)22-16(3)35(12-14-38-22)23(31-11-5-2)19(27)8-6-13-36;1-2/h5,7-10,15,36H,2,4,6,11-14H2,1,3H3,(H,32,37)(H,33,34);1-2H3/b18-7+,19-8+,31-23?;. The number of carbonyl (C=O) groups excluding carboxylic acids is 1. The van der Waals surface area contributed by atoms with E-state index in [1.54, 1.807) is 25.2 Å². The van der Waals surface area contributed by atoms with Crippen LogP contribution in [-0.4, -0.2) is 58.0 Å². The van der Waals surface area contributed by atoms with Gasteiger partial charge in [-0.25, -0.2) is 4.98 Å². The predicted molar refractivity (Wildman–Crippen MR) is 153 cm³/mol. The molecule has 0 aliphatic carbocycles. The molecule has 218 valence electrons. The van der Waals surface area contributed by atoms with E-state index in [-0.39, 0.29) is 35.5 Å². The number of carbonyl (C=O) groups is 1. The van der Waals surface area contributed by atoms with E-state index in [1.165, 1.54) is 18.2 Å². The Morgan fingerprint density at radius 3 is 2.70 bits per heavy atom. The largest absolute Gasteiger partial charge is 0.489 e. The minimum atomic E-state index is -4.61. The number of aromatic nitrogens is 2. The number of aliphatic hydroxyl groups is 1. The Hall–Kier alpha value is -3.57. The van der Waals surface area contributed by atoms with Gasteiger partial charge in [0.05, 0.1) is 40.4 Å². The fourth-order valence-electron chi connectivity index (χ4n) is 3.81. The SMILES string of the molecule is C=CCN=C(/C(Cl)=C\CCO)N1CCOC(/C(=C\CC)C(=O)Nc2ccc3nc(C(F)(F)F)[nH]c3c2)=C1C.CC. The number of H-pyrrole nitrogens is 1. The number of halogens is 4. The molecule has 1 amide bonds. The number of aliphatic imine (C=N–C) groups is 1. The van der Waals surface area contributed by atoms with Crippen LogP contribution in [0.5, 0.6) is 0 Å². The van der Waals surface area contributed by atoms with Gasteiger partial charge in [0.1, 0.15) is 12.4 Å². The van der Waals surface area contributed by atoms with E-state index in [4.69, 9.17) is 16.3 Å². The molecule has 2 heterocycles. The minimum absolute atomic E-state index is 0.0699. The van der Waals surface area contributed by atoms with Crippen molar-refractivity contribution in [3.8, 4) is 0 Å². The molecule has 8 nitrogen and oxygen atoms in total. The van der Waals surface area contributed by atoms with E-state index >= 15 is 0 Å². The Bertz CT molecular complexity index is 1310. The maximum Gasteiger partial charge on any atom is 0.449 e. The molecule has 12 heteroatoms. The molecular weight excluding hydrogens is 547 g/mol. The number of anilines is 1. The molecular formula is C28H35ClF3N5O3. The van der Waals surface area contributed by atoms with Crippen LogP contribution in [0.1, 0.15) is 46.4 Å². The fraction of sp³-hybridized carbons (Fsp3) is 0.393. The second kappa shape index (κ2) is 15.3. The van der Waals surface area contributed by atoms with Crippen molar-refractivity contribution in [1.82, 2.24) is 14.9 Å². The molecule has 0 fully saturated rings. The number of hydrogen-bond donors (Lipinski definition) is 3. The summed E-state index contributed by atoms with van der Waals surface area (Å²) in [6.45, 7) is 12.2. The van der Waals surface area contributed by atoms with Gasteiger partial charge in [0.2, 0.25) is 5.82 Å². The van der Waals surface area contributed by atoms with Crippen LogP contribution < -0.4 is 5.32 Å². The maximum absolute atomic E-state index is 13.3. The van der Waals surface area contributed by atoms with Crippen LogP contribution in [0.4, 0.5) is 18.9 Å². The van der Waals surface area contributed by atoms with Crippen LogP contribution >= 0.6 is 11.6 Å². The Labute approximate surface area is 237 Å². The van der Waals surface area contributed by atoms with Crippen molar-refractivity contribution in [3.05, 3.63) is 70.9 Å². The Morgan fingerprint density at radius 2 is 2.08 bits per heavy atom. The van der Waals surface area contributed by atoms with E-state index < -0.39 is 17.9 Å². The van der Waals surface area contributed by atoms with E-state index in [0.717, 1.165) is 0 Å². The fourth-order valence-corrected chi connectivity index (χ4v) is 4.08. The highest BCUT2D eigenvalue weighted by Crippen LogP contribution is 2.30. The van der Waals surface area contributed by atoms with E-state index in [0.29, 0.717) is 48.3 Å². The Kier molecular flexibility index (Phi) is 12.5. The number of nitrogens with zero attached hydrogens (tertiary/aromatic N) is 3. The molecule has 0 radical (unpaired) electrons. The van der Waals surface area contributed by atoms with Crippen molar-refractivity contribution in [2.75, 3.05) is 31.6 Å². The van der Waals surface area contributed by atoms with Crippen LogP contribution in [0.25, 0.3) is 11.0 Å². The van der Waals surface area contributed by atoms with Gasteiger partial charge in [-0.15, -0.1) is 6.58 Å². The highest BCUT2D eigenvalue weighted by molar-refractivity contribution is 6.43. The van der Waals surface area contributed by atoms with Gasteiger partial charge >= 0.3 is 6.18 Å². The lowest BCUT2D eigenvalue weighted by atomic mass is 10.1. The summed E-state index contributed by atoms with van der Waals surface area (Å²) in [7, 11) is 0. The number of fused-ring (bicyclic) bond motifs is 1. The van der Waals surface area contributed by atoms with Gasteiger partial charge < -0.3 is 25.0 Å². The summed E-state index contributed by atoms with van der Waals surface area (Å²) < 4.78 is 44.9. The molecule has 40 heavy (non-hydrogen) atoms. The van der Waals surface area contributed by atoms with Crippen molar-refractivity contribution >= 4 is 40.1 Å². The average molecular weight is 582 g/mol. The first-order chi connectivity index (χ1) is 19.1. The molecule has 0 atom stereocenters. The quantitative estimate of drug-likeness (QED) is 0.135. The number of allylic oxidation sites excluding steroid dienone is 2. The normalized spacial score (nSPS) is 15.0. The lowest BCUT2D eigenvalue weighted by Gasteiger charge is -2.33. The van der Waals surface area contributed by atoms with Crippen LogP contribution in [0, 0.1) is 0 Å². The van der Waals surface area contributed by atoms with E-state index in [9.17, 15) is 23.1 Å². The van der Waals surface area contributed by atoms with Crippen molar-refractivity contribution < 1.29 is 27.8 Å². The number of ether oxygens (including phenoxy) is 1. The third-order valence-corrected chi connectivity index (χ3v) is 5.82. The highest BCUT2D eigenvalue weighted by atomic mass is 35.5. The smallest absolute Gasteiger partial charge is 0.449 e.